The second kappa shape index (κ2) is 4.39. The lowest BCUT2D eigenvalue weighted by Crippen LogP contribution is -2.43. The van der Waals surface area contributed by atoms with E-state index >= 15 is 0 Å². The van der Waals surface area contributed by atoms with Crippen molar-refractivity contribution in [3.8, 4) is 0 Å². The van der Waals surface area contributed by atoms with Gasteiger partial charge in [0, 0.05) is 12.6 Å². The lowest BCUT2D eigenvalue weighted by atomic mass is 9.98. The van der Waals surface area contributed by atoms with E-state index in [0.29, 0.717) is 6.54 Å². The van der Waals surface area contributed by atoms with E-state index in [1.807, 2.05) is 20.8 Å². The molecule has 0 aromatic carbocycles. The number of hydrogen-bond donors (Lipinski definition) is 2. The summed E-state index contributed by atoms with van der Waals surface area (Å²) in [7, 11) is -3.31. The van der Waals surface area contributed by atoms with Crippen molar-refractivity contribution in [2.24, 2.45) is 5.41 Å². The van der Waals surface area contributed by atoms with Crippen molar-refractivity contribution in [2.75, 3.05) is 6.54 Å². The van der Waals surface area contributed by atoms with Crippen molar-refractivity contribution in [2.45, 2.75) is 40.7 Å². The Morgan fingerprint density at radius 3 is 2.00 bits per heavy atom. The average molecular weight is 208 g/mol. The molecule has 0 atom stereocenters. The highest BCUT2D eigenvalue weighted by atomic mass is 32.2. The smallest absolute Gasteiger partial charge is 0.202 e. The van der Waals surface area contributed by atoms with E-state index in [1.54, 1.807) is 13.8 Å². The van der Waals surface area contributed by atoms with E-state index < -0.39 is 10.2 Å². The number of hydrogen-bond acceptors (Lipinski definition) is 2. The van der Waals surface area contributed by atoms with Crippen LogP contribution in [0.1, 0.15) is 34.6 Å². The van der Waals surface area contributed by atoms with Crippen LogP contribution in [0.4, 0.5) is 0 Å². The molecular weight excluding hydrogens is 188 g/mol. The maximum atomic E-state index is 11.3. The summed E-state index contributed by atoms with van der Waals surface area (Å²) in [6, 6.07) is -0.0718. The first kappa shape index (κ1) is 12.9. The molecule has 0 aromatic rings. The van der Waals surface area contributed by atoms with Crippen LogP contribution in [0.25, 0.3) is 0 Å². The van der Waals surface area contributed by atoms with Gasteiger partial charge < -0.3 is 0 Å². The first-order valence-electron chi connectivity index (χ1n) is 4.39. The number of nitrogens with one attached hydrogen (secondary N) is 2. The molecule has 0 aliphatic rings. The summed E-state index contributed by atoms with van der Waals surface area (Å²) in [4.78, 5) is 0. The predicted molar refractivity (Wildman–Crippen MR) is 54.6 cm³/mol. The van der Waals surface area contributed by atoms with Crippen LogP contribution in [0.3, 0.4) is 0 Å². The zero-order chi connectivity index (χ0) is 10.7. The third-order valence-corrected chi connectivity index (χ3v) is 2.49. The minimum atomic E-state index is -3.31. The molecule has 0 amide bonds. The van der Waals surface area contributed by atoms with Crippen molar-refractivity contribution >= 4 is 10.2 Å². The Kier molecular flexibility index (Phi) is 4.35. The molecule has 0 saturated heterocycles. The second-order valence-electron chi connectivity index (χ2n) is 4.66. The summed E-state index contributed by atoms with van der Waals surface area (Å²) >= 11 is 0. The molecule has 0 unspecified atom stereocenters. The Bertz CT molecular complexity index is 239. The quantitative estimate of drug-likeness (QED) is 0.720. The molecule has 80 valence electrons. The summed E-state index contributed by atoms with van der Waals surface area (Å²) in [6.07, 6.45) is 0. The van der Waals surface area contributed by atoms with Crippen LogP contribution < -0.4 is 9.44 Å². The lowest BCUT2D eigenvalue weighted by Gasteiger charge is -2.19. The average Bonchev–Trinajstić information content (AvgIpc) is 1.79. The van der Waals surface area contributed by atoms with Gasteiger partial charge in [0.05, 0.1) is 0 Å². The normalized spacial score (nSPS) is 13.7. The van der Waals surface area contributed by atoms with Crippen molar-refractivity contribution in [3.63, 3.8) is 0 Å². The molecule has 0 saturated carbocycles. The van der Waals surface area contributed by atoms with Gasteiger partial charge in [-0.25, -0.2) is 4.72 Å². The molecule has 0 heterocycles. The molecule has 0 bridgehead atoms. The first-order valence-corrected chi connectivity index (χ1v) is 5.88. The van der Waals surface area contributed by atoms with Gasteiger partial charge in [-0.2, -0.15) is 13.1 Å². The molecule has 0 spiro atoms. The van der Waals surface area contributed by atoms with Crippen LogP contribution in [0.2, 0.25) is 0 Å². The molecule has 2 N–H and O–H groups in total. The van der Waals surface area contributed by atoms with E-state index in [9.17, 15) is 8.42 Å². The predicted octanol–water partition coefficient (Wildman–Crippen LogP) is 0.865. The number of rotatable bonds is 4. The molecule has 0 aliphatic carbocycles. The Hall–Kier alpha value is -0.130. The fourth-order valence-corrected chi connectivity index (χ4v) is 1.99. The highest BCUT2D eigenvalue weighted by Gasteiger charge is 2.16. The van der Waals surface area contributed by atoms with Gasteiger partial charge in [0.2, 0.25) is 0 Å². The van der Waals surface area contributed by atoms with Crippen molar-refractivity contribution < 1.29 is 8.42 Å². The van der Waals surface area contributed by atoms with Crippen LogP contribution >= 0.6 is 0 Å². The van der Waals surface area contributed by atoms with Crippen LogP contribution in [0, 0.1) is 5.41 Å². The van der Waals surface area contributed by atoms with Gasteiger partial charge in [0.15, 0.2) is 0 Å². The molecule has 0 rings (SSSR count). The highest BCUT2D eigenvalue weighted by molar-refractivity contribution is 7.87. The molecule has 0 aliphatic heterocycles. The molecule has 5 heteroatoms. The summed E-state index contributed by atoms with van der Waals surface area (Å²) in [6.45, 7) is 9.95. The Morgan fingerprint density at radius 1 is 1.23 bits per heavy atom. The Balaban J connectivity index is 4.06. The second-order valence-corrected chi connectivity index (χ2v) is 6.19. The maximum Gasteiger partial charge on any atom is 0.277 e. The van der Waals surface area contributed by atoms with Crippen LogP contribution in [0.15, 0.2) is 0 Å². The van der Waals surface area contributed by atoms with Gasteiger partial charge in [-0.1, -0.05) is 20.8 Å². The van der Waals surface area contributed by atoms with E-state index in [2.05, 4.69) is 9.44 Å². The minimum absolute atomic E-state index is 0.0360. The van der Waals surface area contributed by atoms with Crippen LogP contribution in [-0.2, 0) is 10.2 Å². The summed E-state index contributed by atoms with van der Waals surface area (Å²) in [5, 5.41) is 0. The maximum absolute atomic E-state index is 11.3. The van der Waals surface area contributed by atoms with Gasteiger partial charge >= 0.3 is 0 Å². The largest absolute Gasteiger partial charge is 0.277 e. The van der Waals surface area contributed by atoms with E-state index in [-0.39, 0.29) is 11.5 Å². The van der Waals surface area contributed by atoms with Gasteiger partial charge in [-0.15, -0.1) is 0 Å². The van der Waals surface area contributed by atoms with Gasteiger partial charge in [-0.05, 0) is 19.3 Å². The molecule has 4 nitrogen and oxygen atoms in total. The standard InChI is InChI=1S/C8H20N2O2S/c1-7(2)10-13(11,12)9-6-8(3,4)5/h7,9-10H,6H2,1-5H3. The fraction of sp³-hybridized carbons (Fsp3) is 1.00. The molecule has 0 fully saturated rings. The van der Waals surface area contributed by atoms with Gasteiger partial charge in [-0.3, -0.25) is 0 Å². The van der Waals surface area contributed by atoms with E-state index in [1.165, 1.54) is 0 Å². The highest BCUT2D eigenvalue weighted by Crippen LogP contribution is 2.10. The Labute approximate surface area is 81.3 Å². The first-order chi connectivity index (χ1) is 5.62. The minimum Gasteiger partial charge on any atom is -0.202 e. The molecule has 0 radical (unpaired) electrons. The molecule has 0 aromatic heterocycles. The van der Waals surface area contributed by atoms with E-state index in [0.717, 1.165) is 0 Å². The lowest BCUT2D eigenvalue weighted by molar-refractivity contribution is 0.405. The zero-order valence-corrected chi connectivity index (χ0v) is 9.83. The zero-order valence-electron chi connectivity index (χ0n) is 9.01. The summed E-state index contributed by atoms with van der Waals surface area (Å²) in [5.74, 6) is 0. The van der Waals surface area contributed by atoms with Crippen molar-refractivity contribution in [1.29, 1.82) is 0 Å². The monoisotopic (exact) mass is 208 g/mol. The SMILES string of the molecule is CC(C)NS(=O)(=O)NCC(C)(C)C. The fourth-order valence-electron chi connectivity index (χ4n) is 0.663. The third kappa shape index (κ3) is 8.21. The third-order valence-electron chi connectivity index (χ3n) is 1.18. The summed E-state index contributed by atoms with van der Waals surface area (Å²) < 4.78 is 27.5. The van der Waals surface area contributed by atoms with Crippen LogP contribution in [-0.4, -0.2) is 21.0 Å². The van der Waals surface area contributed by atoms with E-state index in [4.69, 9.17) is 0 Å². The van der Waals surface area contributed by atoms with Crippen LogP contribution in [0.5, 0.6) is 0 Å². The van der Waals surface area contributed by atoms with Crippen molar-refractivity contribution in [3.05, 3.63) is 0 Å². The van der Waals surface area contributed by atoms with Gasteiger partial charge in [0.1, 0.15) is 0 Å². The summed E-state index contributed by atoms with van der Waals surface area (Å²) in [5.41, 5.74) is -0.0360. The van der Waals surface area contributed by atoms with Gasteiger partial charge in [0.25, 0.3) is 10.2 Å². The topological polar surface area (TPSA) is 58.2 Å². The van der Waals surface area contributed by atoms with Crippen molar-refractivity contribution in [1.82, 2.24) is 9.44 Å². The Morgan fingerprint density at radius 2 is 1.69 bits per heavy atom. The molecule has 13 heavy (non-hydrogen) atoms. The molecular formula is C8H20N2O2S.